The molecule has 0 aliphatic heterocycles. The first-order valence-corrected chi connectivity index (χ1v) is 7.36. The van der Waals surface area contributed by atoms with E-state index in [1.807, 2.05) is 18.2 Å². The summed E-state index contributed by atoms with van der Waals surface area (Å²) in [6, 6.07) is 12.8. The average molecular weight is 311 g/mol. The Bertz CT molecular complexity index is 751. The third-order valence-electron chi connectivity index (χ3n) is 3.85. The predicted molar refractivity (Wildman–Crippen MR) is 84.2 cm³/mol. The lowest BCUT2D eigenvalue weighted by molar-refractivity contribution is -0.139. The molecule has 1 atom stereocenters. The third kappa shape index (κ3) is 3.11. The first-order valence-electron chi connectivity index (χ1n) is 7.36. The number of pyridine rings is 1. The fourth-order valence-corrected chi connectivity index (χ4v) is 2.56. The molecule has 1 aliphatic rings. The van der Waals surface area contributed by atoms with E-state index in [4.69, 9.17) is 0 Å². The molecular weight excluding hydrogens is 296 g/mol. The summed E-state index contributed by atoms with van der Waals surface area (Å²) < 4.78 is 28.6. The van der Waals surface area contributed by atoms with Crippen LogP contribution < -0.4 is 0 Å². The van der Waals surface area contributed by atoms with Crippen LogP contribution in [0.1, 0.15) is 23.6 Å². The summed E-state index contributed by atoms with van der Waals surface area (Å²) in [4.78, 5) is 16.4. The quantitative estimate of drug-likeness (QED) is 0.837. The number of carbonyl (C=O) groups is 1. The molecule has 116 valence electrons. The number of benzene rings is 1. The van der Waals surface area contributed by atoms with E-state index >= 15 is 0 Å². The second-order valence-corrected chi connectivity index (χ2v) is 5.38. The summed E-state index contributed by atoms with van der Waals surface area (Å²) in [6.45, 7) is 0. The fraction of sp³-hybridized carbons (Fsp3) is 0.158. The van der Waals surface area contributed by atoms with Crippen molar-refractivity contribution < 1.29 is 13.6 Å². The normalized spacial score (nSPS) is 17.7. The Morgan fingerprint density at radius 2 is 1.83 bits per heavy atom. The highest BCUT2D eigenvalue weighted by atomic mass is 19.3. The van der Waals surface area contributed by atoms with Crippen molar-refractivity contribution in [1.29, 1.82) is 0 Å². The Kier molecular flexibility index (Phi) is 4.15. The van der Waals surface area contributed by atoms with Gasteiger partial charge < -0.3 is 0 Å². The van der Waals surface area contributed by atoms with Crippen LogP contribution in [0.4, 0.5) is 8.78 Å². The van der Waals surface area contributed by atoms with E-state index < -0.39 is 11.7 Å². The maximum Gasteiger partial charge on any atom is 0.334 e. The number of hydrogen-bond acceptors (Lipinski definition) is 2. The van der Waals surface area contributed by atoms with Crippen molar-refractivity contribution in [3.05, 3.63) is 89.8 Å². The van der Waals surface area contributed by atoms with Crippen LogP contribution >= 0.6 is 0 Å². The molecule has 0 saturated heterocycles. The first kappa shape index (κ1) is 15.3. The summed E-state index contributed by atoms with van der Waals surface area (Å²) in [5.41, 5.74) is 0.624. The van der Waals surface area contributed by atoms with Crippen LogP contribution in [0.2, 0.25) is 0 Å². The van der Waals surface area contributed by atoms with Crippen LogP contribution in [0, 0.1) is 0 Å². The number of halogens is 2. The van der Waals surface area contributed by atoms with Gasteiger partial charge in [0.1, 0.15) is 0 Å². The van der Waals surface area contributed by atoms with E-state index in [0.717, 1.165) is 5.69 Å². The second-order valence-electron chi connectivity index (χ2n) is 5.38. The zero-order chi connectivity index (χ0) is 16.3. The molecule has 0 bridgehead atoms. The standard InChI is InChI=1S/C19H15F2NO/c20-19(21,16-6-2-1-3-7-16)18(23)15-11-9-14(10-12-15)17-8-4-5-13-22-17/h1-9,11-14H,10H2. The number of Topliss-reactive ketones (excluding diaryl/α,β-unsaturated/α-hetero) is 1. The third-order valence-corrected chi connectivity index (χ3v) is 3.85. The monoisotopic (exact) mass is 311 g/mol. The number of allylic oxidation sites excluding steroid dienone is 4. The SMILES string of the molecule is O=C(C1=CCC(c2ccccn2)C=C1)C(F)(F)c1ccccc1. The van der Waals surface area contributed by atoms with Gasteiger partial charge in [0.15, 0.2) is 0 Å². The van der Waals surface area contributed by atoms with Crippen molar-refractivity contribution in [2.24, 2.45) is 0 Å². The smallest absolute Gasteiger partial charge is 0.287 e. The average Bonchev–Trinajstić information content (AvgIpc) is 2.63. The van der Waals surface area contributed by atoms with Gasteiger partial charge in [0.05, 0.1) is 0 Å². The molecule has 3 rings (SSSR count). The van der Waals surface area contributed by atoms with Gasteiger partial charge in [0.2, 0.25) is 5.78 Å². The molecular formula is C19H15F2NO. The van der Waals surface area contributed by atoms with Crippen molar-refractivity contribution in [2.45, 2.75) is 18.3 Å². The van der Waals surface area contributed by atoms with Crippen LogP contribution in [-0.4, -0.2) is 10.8 Å². The van der Waals surface area contributed by atoms with Crippen LogP contribution in [0.25, 0.3) is 0 Å². The molecule has 0 N–H and O–H groups in total. The van der Waals surface area contributed by atoms with Gasteiger partial charge in [0, 0.05) is 28.9 Å². The summed E-state index contributed by atoms with van der Waals surface area (Å²) in [5, 5.41) is 0. The van der Waals surface area contributed by atoms with Gasteiger partial charge in [-0.3, -0.25) is 9.78 Å². The first-order chi connectivity index (χ1) is 11.1. The Labute approximate surface area is 133 Å². The molecule has 23 heavy (non-hydrogen) atoms. The highest BCUT2D eigenvalue weighted by Gasteiger charge is 2.41. The fourth-order valence-electron chi connectivity index (χ4n) is 2.56. The largest absolute Gasteiger partial charge is 0.334 e. The van der Waals surface area contributed by atoms with Crippen LogP contribution in [0.5, 0.6) is 0 Å². The van der Waals surface area contributed by atoms with E-state index in [0.29, 0.717) is 6.42 Å². The van der Waals surface area contributed by atoms with Crippen molar-refractivity contribution in [2.75, 3.05) is 0 Å². The summed E-state index contributed by atoms with van der Waals surface area (Å²) >= 11 is 0. The summed E-state index contributed by atoms with van der Waals surface area (Å²) in [6.07, 6.45) is 6.98. The maximum absolute atomic E-state index is 14.3. The van der Waals surface area contributed by atoms with Crippen LogP contribution in [-0.2, 0) is 10.7 Å². The van der Waals surface area contributed by atoms with E-state index in [1.54, 1.807) is 24.4 Å². The molecule has 0 radical (unpaired) electrons. The molecule has 1 aromatic heterocycles. The van der Waals surface area contributed by atoms with E-state index in [-0.39, 0.29) is 17.1 Å². The highest BCUT2D eigenvalue weighted by Crippen LogP contribution is 2.34. The van der Waals surface area contributed by atoms with Crippen LogP contribution in [0.15, 0.2) is 78.5 Å². The van der Waals surface area contributed by atoms with E-state index in [2.05, 4.69) is 4.98 Å². The lowest BCUT2D eigenvalue weighted by atomic mass is 9.89. The number of alkyl halides is 2. The Morgan fingerprint density at radius 3 is 2.43 bits per heavy atom. The van der Waals surface area contributed by atoms with E-state index in [9.17, 15) is 13.6 Å². The Balaban J connectivity index is 1.78. The summed E-state index contributed by atoms with van der Waals surface area (Å²) in [7, 11) is 0. The lowest BCUT2D eigenvalue weighted by Gasteiger charge is -2.19. The van der Waals surface area contributed by atoms with Gasteiger partial charge in [-0.1, -0.05) is 54.6 Å². The molecule has 1 aliphatic carbocycles. The van der Waals surface area contributed by atoms with Crippen molar-refractivity contribution in [3.8, 4) is 0 Å². The van der Waals surface area contributed by atoms with Crippen molar-refractivity contribution >= 4 is 5.78 Å². The number of rotatable bonds is 4. The lowest BCUT2D eigenvalue weighted by Crippen LogP contribution is -2.27. The zero-order valence-corrected chi connectivity index (χ0v) is 12.3. The van der Waals surface area contributed by atoms with Crippen LogP contribution in [0.3, 0.4) is 0 Å². The molecule has 0 spiro atoms. The van der Waals surface area contributed by atoms with Gasteiger partial charge in [-0.25, -0.2) is 0 Å². The topological polar surface area (TPSA) is 30.0 Å². The van der Waals surface area contributed by atoms with E-state index in [1.165, 1.54) is 30.3 Å². The number of ketones is 1. The zero-order valence-electron chi connectivity index (χ0n) is 12.3. The maximum atomic E-state index is 14.3. The molecule has 1 aromatic carbocycles. The number of nitrogens with zero attached hydrogens (tertiary/aromatic N) is 1. The van der Waals surface area contributed by atoms with Crippen molar-refractivity contribution in [3.63, 3.8) is 0 Å². The van der Waals surface area contributed by atoms with Gasteiger partial charge in [0.25, 0.3) is 0 Å². The molecule has 1 heterocycles. The molecule has 0 amide bonds. The molecule has 0 fully saturated rings. The van der Waals surface area contributed by atoms with Gasteiger partial charge in [-0.15, -0.1) is 0 Å². The Hall–Kier alpha value is -2.62. The van der Waals surface area contributed by atoms with Crippen molar-refractivity contribution in [1.82, 2.24) is 4.98 Å². The van der Waals surface area contributed by atoms with Gasteiger partial charge in [-0.2, -0.15) is 8.78 Å². The number of carbonyl (C=O) groups excluding carboxylic acids is 1. The minimum Gasteiger partial charge on any atom is -0.287 e. The molecule has 2 aromatic rings. The predicted octanol–water partition coefficient (Wildman–Crippen LogP) is 4.41. The second kappa shape index (κ2) is 6.24. The number of aromatic nitrogens is 1. The number of hydrogen-bond donors (Lipinski definition) is 0. The molecule has 0 saturated carbocycles. The Morgan fingerprint density at radius 1 is 1.09 bits per heavy atom. The highest BCUT2D eigenvalue weighted by molar-refractivity contribution is 6.03. The minimum absolute atomic E-state index is 0.0121. The molecule has 4 heteroatoms. The van der Waals surface area contributed by atoms with Gasteiger partial charge >= 0.3 is 5.92 Å². The minimum atomic E-state index is -3.52. The molecule has 2 nitrogen and oxygen atoms in total. The summed E-state index contributed by atoms with van der Waals surface area (Å²) in [5.74, 6) is -4.67. The van der Waals surface area contributed by atoms with Gasteiger partial charge in [-0.05, 0) is 18.6 Å². The molecule has 1 unspecified atom stereocenters.